The van der Waals surface area contributed by atoms with Gasteiger partial charge in [0.2, 0.25) is 11.8 Å². The number of aromatic nitrogens is 2. The van der Waals surface area contributed by atoms with E-state index in [9.17, 15) is 0 Å². The van der Waals surface area contributed by atoms with Crippen molar-refractivity contribution in [3.63, 3.8) is 0 Å². The highest BCUT2D eigenvalue weighted by Crippen LogP contribution is 2.48. The fraction of sp³-hybridized carbons (Fsp3) is 0. The van der Waals surface area contributed by atoms with Crippen LogP contribution in [-0.2, 0) is 0 Å². The number of hydrogen-bond acceptors (Lipinski definition) is 4. The summed E-state index contributed by atoms with van der Waals surface area (Å²) in [6.07, 6.45) is 3.59. The number of rotatable bonds is 4. The van der Waals surface area contributed by atoms with E-state index in [-0.39, 0.29) is 0 Å². The quantitative estimate of drug-likeness (QED) is 0.258. The van der Waals surface area contributed by atoms with Crippen LogP contribution in [0.15, 0.2) is 109 Å². The zero-order valence-corrected chi connectivity index (χ0v) is 19.6. The predicted octanol–water partition coefficient (Wildman–Crippen LogP) is 8.71. The van der Waals surface area contributed by atoms with Crippen LogP contribution in [0.2, 0.25) is 0 Å². The van der Waals surface area contributed by atoms with E-state index in [1.807, 2.05) is 72.8 Å². The molecule has 0 unspecified atom stereocenters. The van der Waals surface area contributed by atoms with Crippen molar-refractivity contribution < 1.29 is 9.47 Å². The van der Waals surface area contributed by atoms with Crippen molar-refractivity contribution in [3.8, 4) is 23.3 Å². The summed E-state index contributed by atoms with van der Waals surface area (Å²) >= 11 is 0. The van der Waals surface area contributed by atoms with Crippen LogP contribution >= 0.6 is 8.19 Å². The Morgan fingerprint density at radius 3 is 1.43 bits per heavy atom. The van der Waals surface area contributed by atoms with E-state index in [0.717, 1.165) is 33.0 Å². The van der Waals surface area contributed by atoms with Gasteiger partial charge in [-0.05, 0) is 57.9 Å². The third-order valence-corrected chi connectivity index (χ3v) is 7.81. The Morgan fingerprint density at radius 1 is 0.457 bits per heavy atom. The molecule has 0 bridgehead atoms. The van der Waals surface area contributed by atoms with E-state index in [4.69, 9.17) is 9.47 Å². The molecule has 0 fully saturated rings. The molecule has 7 aromatic rings. The normalized spacial score (nSPS) is 11.4. The smallest absolute Gasteiger partial charge is 0.227 e. The second-order valence-electron chi connectivity index (χ2n) is 8.36. The van der Waals surface area contributed by atoms with Crippen LogP contribution in [-0.4, -0.2) is 9.97 Å². The van der Waals surface area contributed by atoms with Crippen molar-refractivity contribution >= 4 is 50.7 Å². The molecule has 0 aliphatic heterocycles. The van der Waals surface area contributed by atoms with E-state index in [2.05, 4.69) is 34.2 Å². The first-order valence-electron chi connectivity index (χ1n) is 11.4. The molecule has 3 heterocycles. The molecule has 0 saturated heterocycles. The molecule has 0 aliphatic carbocycles. The minimum absolute atomic E-state index is 0.400. The zero-order valence-electron chi connectivity index (χ0n) is 18.6. The van der Waals surface area contributed by atoms with Crippen LogP contribution < -0.4 is 9.47 Å². The molecule has 0 atom stereocenters. The van der Waals surface area contributed by atoms with Gasteiger partial charge in [-0.2, -0.15) is 0 Å². The first-order chi connectivity index (χ1) is 17.3. The maximum atomic E-state index is 6.42. The van der Waals surface area contributed by atoms with E-state index < -0.39 is 0 Å². The molecule has 166 valence electrons. The van der Waals surface area contributed by atoms with Crippen LogP contribution in [0.5, 0.6) is 23.3 Å². The van der Waals surface area contributed by atoms with E-state index in [1.54, 1.807) is 12.4 Å². The summed E-state index contributed by atoms with van der Waals surface area (Å²) in [6.45, 7) is 0. The van der Waals surface area contributed by atoms with Crippen LogP contribution in [0.4, 0.5) is 0 Å². The SMILES string of the molecule is c1ccc2c(Oc3cccc4c3[pH]c3c(Oc5nccc6ccccc56)cccc34)nccc2c1. The highest BCUT2D eigenvalue weighted by Gasteiger charge is 2.15. The second kappa shape index (κ2) is 8.12. The summed E-state index contributed by atoms with van der Waals surface area (Å²) in [7, 11) is 0.400. The number of pyridine rings is 2. The van der Waals surface area contributed by atoms with Crippen molar-refractivity contribution in [1.29, 1.82) is 0 Å². The molecular weight excluding hydrogens is 451 g/mol. The maximum Gasteiger partial charge on any atom is 0.227 e. The standard InChI is InChI=1S/C30H19N2O2P/c1-3-9-21-19(7-1)15-17-31-29(21)33-25-13-5-11-23-24-12-6-14-26(28(24)35-27(23)25)34-30-22-10-4-2-8-20(22)16-18-32-30/h1-18,35H. The van der Waals surface area contributed by atoms with Gasteiger partial charge in [-0.3, -0.25) is 0 Å². The molecule has 0 radical (unpaired) electrons. The first kappa shape index (κ1) is 20.0. The Balaban J connectivity index is 1.36. The fourth-order valence-electron chi connectivity index (χ4n) is 4.62. The number of fused-ring (bicyclic) bond motifs is 5. The molecule has 5 heteroatoms. The minimum Gasteiger partial charge on any atom is -0.437 e. The largest absolute Gasteiger partial charge is 0.437 e. The average Bonchev–Trinajstić information content (AvgIpc) is 3.30. The third kappa shape index (κ3) is 3.39. The van der Waals surface area contributed by atoms with Crippen molar-refractivity contribution in [1.82, 2.24) is 9.97 Å². The lowest BCUT2D eigenvalue weighted by atomic mass is 10.1. The van der Waals surface area contributed by atoms with Gasteiger partial charge in [0.05, 0.1) is 0 Å². The van der Waals surface area contributed by atoms with E-state index >= 15 is 0 Å². The summed E-state index contributed by atoms with van der Waals surface area (Å²) in [4.78, 5) is 9.05. The Morgan fingerprint density at radius 2 is 0.914 bits per heavy atom. The molecular formula is C30H19N2O2P. The highest BCUT2D eigenvalue weighted by molar-refractivity contribution is 7.44. The molecule has 0 saturated carbocycles. The average molecular weight is 470 g/mol. The van der Waals surface area contributed by atoms with Gasteiger partial charge in [0.25, 0.3) is 0 Å². The molecule has 4 nitrogen and oxygen atoms in total. The Kier molecular flexibility index (Phi) is 4.64. The highest BCUT2D eigenvalue weighted by atomic mass is 31.0. The molecule has 0 aliphatic rings. The predicted molar refractivity (Wildman–Crippen MR) is 145 cm³/mol. The molecule has 0 spiro atoms. The van der Waals surface area contributed by atoms with Crippen molar-refractivity contribution in [2.45, 2.75) is 0 Å². The molecule has 7 rings (SSSR count). The van der Waals surface area contributed by atoms with Crippen molar-refractivity contribution in [3.05, 3.63) is 109 Å². The summed E-state index contributed by atoms with van der Waals surface area (Å²) in [5.41, 5.74) is 0. The Labute approximate surface area is 202 Å². The number of hydrogen-bond donors (Lipinski definition) is 0. The van der Waals surface area contributed by atoms with Gasteiger partial charge in [-0.1, -0.05) is 60.7 Å². The lowest BCUT2D eigenvalue weighted by molar-refractivity contribution is 0.475. The molecule has 35 heavy (non-hydrogen) atoms. The molecule has 4 aromatic carbocycles. The second-order valence-corrected chi connectivity index (χ2v) is 9.61. The molecule has 3 aromatic heterocycles. The van der Waals surface area contributed by atoms with Gasteiger partial charge in [-0.15, -0.1) is 8.19 Å². The third-order valence-electron chi connectivity index (χ3n) is 6.28. The van der Waals surface area contributed by atoms with Crippen LogP contribution in [0.1, 0.15) is 0 Å². The summed E-state index contributed by atoms with van der Waals surface area (Å²) in [5, 5.41) is 8.89. The topological polar surface area (TPSA) is 44.2 Å². The van der Waals surface area contributed by atoms with Gasteiger partial charge in [0, 0.05) is 33.4 Å². The molecule has 0 N–H and O–H groups in total. The Bertz CT molecular complexity index is 1730. The van der Waals surface area contributed by atoms with E-state index in [0.29, 0.717) is 20.0 Å². The zero-order chi connectivity index (χ0) is 23.2. The van der Waals surface area contributed by atoms with Gasteiger partial charge in [-0.25, -0.2) is 9.97 Å². The van der Waals surface area contributed by atoms with Gasteiger partial charge in [0.15, 0.2) is 0 Å². The fourth-order valence-corrected chi connectivity index (χ4v) is 6.09. The van der Waals surface area contributed by atoms with Crippen molar-refractivity contribution in [2.75, 3.05) is 0 Å². The summed E-state index contributed by atoms with van der Waals surface area (Å²) in [6, 6.07) is 32.7. The minimum atomic E-state index is 0.400. The number of ether oxygens (including phenoxy) is 2. The monoisotopic (exact) mass is 470 g/mol. The van der Waals surface area contributed by atoms with Crippen LogP contribution in [0.25, 0.3) is 42.6 Å². The van der Waals surface area contributed by atoms with Crippen molar-refractivity contribution in [2.24, 2.45) is 0 Å². The number of benzene rings is 4. The lowest BCUT2D eigenvalue weighted by Crippen LogP contribution is -1.89. The van der Waals surface area contributed by atoms with Crippen LogP contribution in [0.3, 0.4) is 0 Å². The van der Waals surface area contributed by atoms with E-state index in [1.165, 1.54) is 21.0 Å². The molecule has 0 amide bonds. The van der Waals surface area contributed by atoms with Gasteiger partial charge in [0.1, 0.15) is 11.5 Å². The van der Waals surface area contributed by atoms with Gasteiger partial charge < -0.3 is 9.47 Å². The summed E-state index contributed by atoms with van der Waals surface area (Å²) in [5.74, 6) is 2.90. The first-order valence-corrected chi connectivity index (χ1v) is 12.4. The van der Waals surface area contributed by atoms with Gasteiger partial charge >= 0.3 is 0 Å². The lowest BCUT2D eigenvalue weighted by Gasteiger charge is -2.08. The summed E-state index contributed by atoms with van der Waals surface area (Å²) < 4.78 is 12.8. The maximum absolute atomic E-state index is 6.42. The Hall–Kier alpha value is -4.40. The van der Waals surface area contributed by atoms with Crippen LogP contribution in [0, 0.1) is 0 Å². The number of nitrogens with zero attached hydrogens (tertiary/aromatic N) is 2.